The minimum absolute atomic E-state index is 0. The first-order chi connectivity index (χ1) is 10.8. The molecule has 0 spiro atoms. The summed E-state index contributed by atoms with van der Waals surface area (Å²) in [5, 5.41) is 24.8. The van der Waals surface area contributed by atoms with Gasteiger partial charge in [-0.1, -0.05) is 60.7 Å². The Kier molecular flexibility index (Phi) is 7.15. The molecule has 4 aromatic rings. The van der Waals surface area contributed by atoms with Gasteiger partial charge in [0.15, 0.2) is 0 Å². The van der Waals surface area contributed by atoms with E-state index in [4.69, 9.17) is 0 Å². The molecule has 0 atom stereocenters. The van der Waals surface area contributed by atoms with Crippen LogP contribution in [0.15, 0.2) is 72.8 Å². The predicted octanol–water partition coefficient (Wildman–Crippen LogP) is 3.48. The molecule has 0 saturated carbocycles. The summed E-state index contributed by atoms with van der Waals surface area (Å²) in [6.07, 6.45) is 0. The van der Waals surface area contributed by atoms with Gasteiger partial charge in [-0.15, -0.1) is 0 Å². The van der Waals surface area contributed by atoms with E-state index in [1.165, 1.54) is 0 Å². The molecule has 0 aromatic heterocycles. The van der Waals surface area contributed by atoms with Crippen LogP contribution in [-0.4, -0.2) is 51.9 Å². The molecule has 0 fully saturated rings. The maximum atomic E-state index is 10.4. The Bertz CT molecular complexity index is 935. The molecule has 0 bridgehead atoms. The van der Waals surface area contributed by atoms with Gasteiger partial charge in [0, 0.05) is 47.3 Å². The van der Waals surface area contributed by atoms with Crippen LogP contribution in [0.5, 0.6) is 11.5 Å². The molecular weight excluding hydrogens is 322 g/mol. The first-order valence-corrected chi connectivity index (χ1v) is 7.17. The Morgan fingerprint density at radius 3 is 1.28 bits per heavy atom. The Balaban J connectivity index is 0.00000104. The van der Waals surface area contributed by atoms with Crippen LogP contribution in [-0.2, 0) is 0 Å². The van der Waals surface area contributed by atoms with Crippen LogP contribution in [0.2, 0.25) is 0 Å². The van der Waals surface area contributed by atoms with Gasteiger partial charge in [-0.25, -0.2) is 0 Å². The number of rotatable bonds is 1. The number of phenolic OH excluding ortho intramolecular Hbond substituents is 2. The average molecular weight is 338 g/mol. The zero-order valence-electron chi connectivity index (χ0n) is 13.9. The molecule has 0 aliphatic carbocycles. The van der Waals surface area contributed by atoms with Crippen molar-refractivity contribution in [1.29, 1.82) is 0 Å². The van der Waals surface area contributed by atoms with Gasteiger partial charge in [-0.05, 0) is 33.7 Å². The van der Waals surface area contributed by atoms with Gasteiger partial charge in [0.05, 0.1) is 0 Å². The van der Waals surface area contributed by atoms with Crippen molar-refractivity contribution in [3.05, 3.63) is 72.8 Å². The minimum Gasteiger partial charge on any atom is -0.507 e. The number of hydrogen-bond acceptors (Lipinski definition) is 2. The van der Waals surface area contributed by atoms with Crippen molar-refractivity contribution in [2.45, 2.75) is 0 Å². The summed E-state index contributed by atoms with van der Waals surface area (Å²) in [6, 6.07) is 22.9. The van der Waals surface area contributed by atoms with Gasteiger partial charge in [0.2, 0.25) is 0 Å². The van der Waals surface area contributed by atoms with Crippen molar-refractivity contribution in [1.82, 2.24) is 0 Å². The van der Waals surface area contributed by atoms with Crippen LogP contribution in [0.25, 0.3) is 32.7 Å². The molecule has 0 aliphatic rings. The topological polar surface area (TPSA) is 72.0 Å². The maximum Gasteiger partial charge on any atom is 0.124 e. The predicted molar refractivity (Wildman–Crippen MR) is 105 cm³/mol. The molecule has 4 radical (unpaired) electrons. The summed E-state index contributed by atoms with van der Waals surface area (Å²) < 4.78 is 0. The summed E-state index contributed by atoms with van der Waals surface area (Å²) in [7, 11) is 0. The summed E-state index contributed by atoms with van der Waals surface area (Å²) >= 11 is 0. The van der Waals surface area contributed by atoms with E-state index in [0.717, 1.165) is 21.5 Å². The van der Waals surface area contributed by atoms with E-state index < -0.39 is 0 Å². The second-order valence-electron chi connectivity index (χ2n) is 5.36. The Morgan fingerprint density at radius 1 is 0.520 bits per heavy atom. The third-order valence-electron chi connectivity index (χ3n) is 4.06. The number of hydrogen-bond donors (Lipinski definition) is 2. The van der Waals surface area contributed by atoms with Crippen LogP contribution in [0.4, 0.5) is 0 Å². The number of phenols is 2. The van der Waals surface area contributed by atoms with Gasteiger partial charge in [0.1, 0.15) is 11.5 Å². The molecule has 118 valence electrons. The molecule has 4 aromatic carbocycles. The van der Waals surface area contributed by atoms with Crippen molar-refractivity contribution >= 4 is 57.8 Å². The van der Waals surface area contributed by atoms with E-state index in [1.807, 2.05) is 60.7 Å². The van der Waals surface area contributed by atoms with E-state index >= 15 is 0 Å². The molecule has 4 rings (SSSR count). The Hall–Kier alpha value is -1.91. The first kappa shape index (κ1) is 21.1. The SMILES string of the molecule is O.Oc1ccc2ccccc2c1-c1c(O)ccc2ccccc12.[Al].[Li]. The van der Waals surface area contributed by atoms with E-state index in [0.29, 0.717) is 11.1 Å². The largest absolute Gasteiger partial charge is 0.507 e. The molecular formula is C20H16AlLiO3. The minimum atomic E-state index is 0. The monoisotopic (exact) mass is 338 g/mol. The van der Waals surface area contributed by atoms with Crippen LogP contribution < -0.4 is 0 Å². The number of fused-ring (bicyclic) bond motifs is 2. The van der Waals surface area contributed by atoms with Gasteiger partial charge >= 0.3 is 0 Å². The van der Waals surface area contributed by atoms with Gasteiger partial charge < -0.3 is 15.7 Å². The standard InChI is InChI=1S/C20H14O2.Al.Li.H2O/c21-17-11-9-13-5-1-3-7-15(13)19(17)20-16-8-4-2-6-14(16)10-12-18(20)22;;;/h1-12,21-22H;;;1H2. The van der Waals surface area contributed by atoms with Gasteiger partial charge in [0.25, 0.3) is 0 Å². The van der Waals surface area contributed by atoms with Crippen molar-refractivity contribution in [2.75, 3.05) is 0 Å². The zero-order chi connectivity index (χ0) is 15.1. The molecule has 25 heavy (non-hydrogen) atoms. The van der Waals surface area contributed by atoms with Crippen LogP contribution in [0.1, 0.15) is 0 Å². The van der Waals surface area contributed by atoms with E-state index in [2.05, 4.69) is 0 Å². The second-order valence-corrected chi connectivity index (χ2v) is 5.36. The fourth-order valence-electron chi connectivity index (χ4n) is 3.05. The normalized spacial score (nSPS) is 9.76. The second kappa shape index (κ2) is 8.45. The van der Waals surface area contributed by atoms with Crippen LogP contribution in [0.3, 0.4) is 0 Å². The molecule has 4 N–H and O–H groups in total. The smallest absolute Gasteiger partial charge is 0.124 e. The molecule has 0 unspecified atom stereocenters. The third kappa shape index (κ3) is 3.55. The summed E-state index contributed by atoms with van der Waals surface area (Å²) in [4.78, 5) is 0. The summed E-state index contributed by atoms with van der Waals surface area (Å²) in [6.45, 7) is 0. The van der Waals surface area contributed by atoms with E-state index in [1.54, 1.807) is 12.1 Å². The molecule has 0 saturated heterocycles. The molecule has 5 heteroatoms. The first-order valence-electron chi connectivity index (χ1n) is 7.17. The van der Waals surface area contributed by atoms with E-state index in [9.17, 15) is 10.2 Å². The van der Waals surface area contributed by atoms with Crippen molar-refractivity contribution in [3.63, 3.8) is 0 Å². The fourth-order valence-corrected chi connectivity index (χ4v) is 3.05. The molecule has 0 amide bonds. The van der Waals surface area contributed by atoms with Crippen molar-refractivity contribution < 1.29 is 15.7 Å². The molecule has 0 heterocycles. The quantitative estimate of drug-likeness (QED) is 0.522. The molecule has 0 aliphatic heterocycles. The average Bonchev–Trinajstić information content (AvgIpc) is 2.56. The number of aromatic hydroxyl groups is 2. The maximum absolute atomic E-state index is 10.4. The van der Waals surface area contributed by atoms with E-state index in [-0.39, 0.29) is 53.2 Å². The van der Waals surface area contributed by atoms with Crippen molar-refractivity contribution in [3.8, 4) is 22.6 Å². The van der Waals surface area contributed by atoms with Gasteiger partial charge in [-0.2, -0.15) is 0 Å². The van der Waals surface area contributed by atoms with Gasteiger partial charge in [-0.3, -0.25) is 0 Å². The summed E-state index contributed by atoms with van der Waals surface area (Å²) in [5.41, 5.74) is 1.35. The number of benzene rings is 4. The fraction of sp³-hybridized carbons (Fsp3) is 0. The third-order valence-corrected chi connectivity index (χ3v) is 4.06. The van der Waals surface area contributed by atoms with Crippen LogP contribution >= 0.6 is 0 Å². The van der Waals surface area contributed by atoms with Crippen LogP contribution in [0, 0.1) is 0 Å². The van der Waals surface area contributed by atoms with Crippen molar-refractivity contribution in [2.24, 2.45) is 0 Å². The molecule has 3 nitrogen and oxygen atoms in total. The summed E-state index contributed by atoms with van der Waals surface area (Å²) in [5.74, 6) is 0.343. The Labute approximate surface area is 168 Å². The Morgan fingerprint density at radius 2 is 0.880 bits per heavy atom. The zero-order valence-corrected chi connectivity index (χ0v) is 15.1.